The largest absolute Gasteiger partial charge is 0.338 e. The Balaban J connectivity index is 0.000000845. The van der Waals surface area contributed by atoms with Crippen LogP contribution in [-0.2, 0) is 4.79 Å². The van der Waals surface area contributed by atoms with Crippen molar-refractivity contribution in [1.82, 2.24) is 10.2 Å². The number of amides is 1. The van der Waals surface area contributed by atoms with Gasteiger partial charge in [-0.15, -0.1) is 12.4 Å². The minimum Gasteiger partial charge on any atom is -0.338 e. The highest BCUT2D eigenvalue weighted by Crippen LogP contribution is 2.17. The summed E-state index contributed by atoms with van der Waals surface area (Å²) in [5.74, 6) is 0.365. The van der Waals surface area contributed by atoms with Gasteiger partial charge in [0.1, 0.15) is 0 Å². The number of nitrogens with one attached hydrogen (secondary N) is 1. The molecule has 2 fully saturated rings. The zero-order chi connectivity index (χ0) is 8.39. The van der Waals surface area contributed by atoms with E-state index < -0.39 is 0 Å². The van der Waals surface area contributed by atoms with E-state index in [0.717, 1.165) is 32.5 Å². The molecule has 13 heavy (non-hydrogen) atoms. The molecule has 1 amide bonds. The molecule has 0 spiro atoms. The van der Waals surface area contributed by atoms with Crippen molar-refractivity contribution in [2.24, 2.45) is 0 Å². The first kappa shape index (κ1) is 10.8. The van der Waals surface area contributed by atoms with Gasteiger partial charge in [-0.3, -0.25) is 4.79 Å². The van der Waals surface area contributed by atoms with E-state index in [9.17, 15) is 4.79 Å². The highest BCUT2D eigenvalue weighted by molar-refractivity contribution is 5.85. The lowest BCUT2D eigenvalue weighted by atomic mass is 10.1. The topological polar surface area (TPSA) is 32.3 Å². The number of halogens is 1. The molecule has 0 aliphatic carbocycles. The summed E-state index contributed by atoms with van der Waals surface area (Å²) in [6.07, 6.45) is 4.25. The van der Waals surface area contributed by atoms with Gasteiger partial charge in [0.2, 0.25) is 5.91 Å². The fraction of sp³-hybridized carbons (Fsp3) is 0.889. The van der Waals surface area contributed by atoms with E-state index in [2.05, 4.69) is 10.2 Å². The summed E-state index contributed by atoms with van der Waals surface area (Å²) in [4.78, 5) is 13.4. The van der Waals surface area contributed by atoms with Crippen LogP contribution in [0.2, 0.25) is 0 Å². The standard InChI is InChI=1S/C9H16N2O.ClH/c12-9-4-2-6-11(9)8-3-1-5-10-7-8;/h8,10H,1-7H2;1H. The molecule has 2 aliphatic heterocycles. The van der Waals surface area contributed by atoms with Gasteiger partial charge in [-0.05, 0) is 25.8 Å². The highest BCUT2D eigenvalue weighted by atomic mass is 35.5. The SMILES string of the molecule is Cl.O=C1CCCN1C1CCCNC1. The Morgan fingerprint density at radius 2 is 2.23 bits per heavy atom. The van der Waals surface area contributed by atoms with E-state index in [1.165, 1.54) is 12.8 Å². The second kappa shape index (κ2) is 4.82. The second-order valence-electron chi connectivity index (χ2n) is 3.69. The number of likely N-dealkylation sites (tertiary alicyclic amines) is 1. The van der Waals surface area contributed by atoms with Crippen LogP contribution in [-0.4, -0.2) is 36.5 Å². The molecule has 1 unspecified atom stereocenters. The van der Waals surface area contributed by atoms with Crippen LogP contribution in [0.25, 0.3) is 0 Å². The van der Waals surface area contributed by atoms with Crippen LogP contribution < -0.4 is 5.32 Å². The molecule has 0 aromatic rings. The van der Waals surface area contributed by atoms with Crippen LogP contribution in [0.5, 0.6) is 0 Å². The van der Waals surface area contributed by atoms with E-state index in [0.29, 0.717) is 11.9 Å². The molecular weight excluding hydrogens is 188 g/mol. The van der Waals surface area contributed by atoms with Crippen molar-refractivity contribution in [3.8, 4) is 0 Å². The number of piperidine rings is 1. The predicted octanol–water partition coefficient (Wildman–Crippen LogP) is 0.783. The Morgan fingerprint density at radius 3 is 2.77 bits per heavy atom. The van der Waals surface area contributed by atoms with E-state index in [4.69, 9.17) is 0 Å². The fourth-order valence-electron chi connectivity index (χ4n) is 2.15. The van der Waals surface area contributed by atoms with Crippen molar-refractivity contribution >= 4 is 18.3 Å². The molecule has 2 heterocycles. The second-order valence-corrected chi connectivity index (χ2v) is 3.69. The van der Waals surface area contributed by atoms with Gasteiger partial charge in [0, 0.05) is 25.6 Å². The van der Waals surface area contributed by atoms with Gasteiger partial charge in [0.05, 0.1) is 0 Å². The molecule has 2 saturated heterocycles. The number of hydrogen-bond donors (Lipinski definition) is 1. The van der Waals surface area contributed by atoms with Crippen LogP contribution in [0.4, 0.5) is 0 Å². The van der Waals surface area contributed by atoms with Crippen molar-refractivity contribution in [3.63, 3.8) is 0 Å². The maximum Gasteiger partial charge on any atom is 0.222 e. The lowest BCUT2D eigenvalue weighted by Crippen LogP contribution is -2.46. The Bertz CT molecular complexity index is 180. The molecule has 1 N–H and O–H groups in total. The van der Waals surface area contributed by atoms with Crippen molar-refractivity contribution in [1.29, 1.82) is 0 Å². The van der Waals surface area contributed by atoms with Gasteiger partial charge in [-0.25, -0.2) is 0 Å². The first-order chi connectivity index (χ1) is 5.88. The lowest BCUT2D eigenvalue weighted by molar-refractivity contribution is -0.129. The monoisotopic (exact) mass is 204 g/mol. The minimum absolute atomic E-state index is 0. The Hall–Kier alpha value is -0.280. The lowest BCUT2D eigenvalue weighted by Gasteiger charge is -2.31. The summed E-state index contributed by atoms with van der Waals surface area (Å²) >= 11 is 0. The number of nitrogens with zero attached hydrogens (tertiary/aromatic N) is 1. The summed E-state index contributed by atoms with van der Waals surface area (Å²) in [6.45, 7) is 3.12. The van der Waals surface area contributed by atoms with Crippen LogP contribution >= 0.6 is 12.4 Å². The van der Waals surface area contributed by atoms with E-state index in [1.54, 1.807) is 0 Å². The predicted molar refractivity (Wildman–Crippen MR) is 54.1 cm³/mol. The molecule has 0 bridgehead atoms. The van der Waals surface area contributed by atoms with E-state index in [-0.39, 0.29) is 12.4 Å². The summed E-state index contributed by atoms with van der Waals surface area (Å²) in [7, 11) is 0. The van der Waals surface area contributed by atoms with Crippen molar-refractivity contribution in [2.75, 3.05) is 19.6 Å². The summed E-state index contributed by atoms with van der Waals surface area (Å²) < 4.78 is 0. The first-order valence-electron chi connectivity index (χ1n) is 4.88. The quantitative estimate of drug-likeness (QED) is 0.685. The van der Waals surface area contributed by atoms with Crippen molar-refractivity contribution in [3.05, 3.63) is 0 Å². The number of hydrogen-bond acceptors (Lipinski definition) is 2. The zero-order valence-electron chi connectivity index (χ0n) is 7.79. The Labute approximate surface area is 85.3 Å². The number of carbonyl (C=O) groups excluding carboxylic acids is 1. The summed E-state index contributed by atoms with van der Waals surface area (Å²) in [5, 5.41) is 3.34. The van der Waals surface area contributed by atoms with Gasteiger partial charge in [-0.1, -0.05) is 0 Å². The van der Waals surface area contributed by atoms with Gasteiger partial charge in [-0.2, -0.15) is 0 Å². The Kier molecular flexibility index (Phi) is 4.00. The molecule has 1 atom stereocenters. The van der Waals surface area contributed by atoms with Gasteiger partial charge >= 0.3 is 0 Å². The maximum absolute atomic E-state index is 11.4. The van der Waals surface area contributed by atoms with Crippen LogP contribution in [0, 0.1) is 0 Å². The summed E-state index contributed by atoms with van der Waals surface area (Å²) in [5.41, 5.74) is 0. The van der Waals surface area contributed by atoms with Crippen LogP contribution in [0.1, 0.15) is 25.7 Å². The molecule has 0 aromatic heterocycles. The van der Waals surface area contributed by atoms with E-state index in [1.807, 2.05) is 0 Å². The number of rotatable bonds is 1. The maximum atomic E-state index is 11.4. The third-order valence-corrected chi connectivity index (χ3v) is 2.82. The minimum atomic E-state index is 0. The molecule has 3 nitrogen and oxygen atoms in total. The molecule has 4 heteroatoms. The molecule has 0 aromatic carbocycles. The number of carbonyl (C=O) groups is 1. The van der Waals surface area contributed by atoms with Gasteiger partial charge in [0.15, 0.2) is 0 Å². The van der Waals surface area contributed by atoms with Crippen molar-refractivity contribution in [2.45, 2.75) is 31.7 Å². The smallest absolute Gasteiger partial charge is 0.222 e. The molecule has 76 valence electrons. The van der Waals surface area contributed by atoms with Crippen LogP contribution in [0.3, 0.4) is 0 Å². The molecule has 2 rings (SSSR count). The zero-order valence-corrected chi connectivity index (χ0v) is 8.61. The third-order valence-electron chi connectivity index (χ3n) is 2.82. The average molecular weight is 205 g/mol. The summed E-state index contributed by atoms with van der Waals surface area (Å²) in [6, 6.07) is 0.494. The van der Waals surface area contributed by atoms with Crippen LogP contribution in [0.15, 0.2) is 0 Å². The van der Waals surface area contributed by atoms with Gasteiger partial charge < -0.3 is 10.2 Å². The molecule has 0 radical (unpaired) electrons. The molecule has 2 aliphatic rings. The van der Waals surface area contributed by atoms with Crippen molar-refractivity contribution < 1.29 is 4.79 Å². The first-order valence-corrected chi connectivity index (χ1v) is 4.88. The van der Waals surface area contributed by atoms with Gasteiger partial charge in [0.25, 0.3) is 0 Å². The Morgan fingerprint density at radius 1 is 1.38 bits per heavy atom. The third kappa shape index (κ3) is 2.35. The fourth-order valence-corrected chi connectivity index (χ4v) is 2.15. The normalized spacial score (nSPS) is 28.8. The highest BCUT2D eigenvalue weighted by Gasteiger charge is 2.28. The van der Waals surface area contributed by atoms with E-state index >= 15 is 0 Å². The molecular formula is C9H17ClN2O. The molecule has 0 saturated carbocycles. The average Bonchev–Trinajstić information content (AvgIpc) is 2.53.